The highest BCUT2D eigenvalue weighted by molar-refractivity contribution is 5.88. The molecular formula is C19H27N3O3. The van der Waals surface area contributed by atoms with Gasteiger partial charge in [0.25, 0.3) is 0 Å². The van der Waals surface area contributed by atoms with E-state index < -0.39 is 6.04 Å². The highest BCUT2D eigenvalue weighted by Crippen LogP contribution is 2.27. The number of piperazine rings is 1. The van der Waals surface area contributed by atoms with Crippen LogP contribution in [0.25, 0.3) is 0 Å². The van der Waals surface area contributed by atoms with Gasteiger partial charge in [0.2, 0.25) is 11.8 Å². The van der Waals surface area contributed by atoms with Crippen molar-refractivity contribution in [3.63, 3.8) is 0 Å². The Kier molecular flexibility index (Phi) is 5.58. The number of amides is 2. The van der Waals surface area contributed by atoms with E-state index in [0.29, 0.717) is 19.0 Å². The zero-order valence-electron chi connectivity index (χ0n) is 15.0. The van der Waals surface area contributed by atoms with Crippen LogP contribution in [0.15, 0.2) is 18.2 Å². The number of benzene rings is 1. The maximum atomic E-state index is 12.3. The summed E-state index contributed by atoms with van der Waals surface area (Å²) in [5, 5.41) is 5.84. The molecule has 1 unspecified atom stereocenters. The normalized spacial score (nSPS) is 20.9. The summed E-state index contributed by atoms with van der Waals surface area (Å²) < 4.78 is 5.30. The van der Waals surface area contributed by atoms with Crippen molar-refractivity contribution in [1.82, 2.24) is 15.5 Å². The van der Waals surface area contributed by atoms with Crippen LogP contribution in [0.5, 0.6) is 5.75 Å². The summed E-state index contributed by atoms with van der Waals surface area (Å²) >= 11 is 0. The molecule has 2 amide bonds. The first-order valence-corrected chi connectivity index (χ1v) is 8.99. The number of rotatable bonds is 7. The number of nitrogens with one attached hydrogen (secondary N) is 2. The van der Waals surface area contributed by atoms with Crippen molar-refractivity contribution >= 4 is 11.8 Å². The summed E-state index contributed by atoms with van der Waals surface area (Å²) in [5.41, 5.74) is 2.19. The van der Waals surface area contributed by atoms with Crippen LogP contribution in [0, 0.1) is 12.8 Å². The minimum absolute atomic E-state index is 0.0372. The van der Waals surface area contributed by atoms with Crippen molar-refractivity contribution in [2.24, 2.45) is 5.92 Å². The molecule has 1 aliphatic carbocycles. The van der Waals surface area contributed by atoms with Gasteiger partial charge in [0.15, 0.2) is 0 Å². The molecule has 2 N–H and O–H groups in total. The van der Waals surface area contributed by atoms with Crippen LogP contribution < -0.4 is 15.4 Å². The van der Waals surface area contributed by atoms with E-state index in [1.54, 1.807) is 7.11 Å². The zero-order chi connectivity index (χ0) is 17.8. The average molecular weight is 345 g/mol. The third kappa shape index (κ3) is 4.72. The molecule has 0 bridgehead atoms. The second-order valence-corrected chi connectivity index (χ2v) is 7.03. The number of hydrogen-bond acceptors (Lipinski definition) is 4. The second kappa shape index (κ2) is 7.87. The van der Waals surface area contributed by atoms with Crippen LogP contribution >= 0.6 is 0 Å². The maximum Gasteiger partial charge on any atom is 0.237 e. The Morgan fingerprint density at radius 2 is 2.20 bits per heavy atom. The molecule has 1 heterocycles. The molecule has 0 aromatic heterocycles. The van der Waals surface area contributed by atoms with Gasteiger partial charge in [-0.1, -0.05) is 12.1 Å². The summed E-state index contributed by atoms with van der Waals surface area (Å²) in [7, 11) is 1.66. The third-order valence-corrected chi connectivity index (χ3v) is 4.95. The van der Waals surface area contributed by atoms with Crippen molar-refractivity contribution in [3.05, 3.63) is 29.3 Å². The molecule has 2 fully saturated rings. The molecule has 3 rings (SSSR count). The predicted octanol–water partition coefficient (Wildman–Crippen LogP) is 1.22. The van der Waals surface area contributed by atoms with Crippen molar-refractivity contribution in [2.75, 3.05) is 26.7 Å². The van der Waals surface area contributed by atoms with Gasteiger partial charge in [-0.15, -0.1) is 0 Å². The van der Waals surface area contributed by atoms with Gasteiger partial charge in [0, 0.05) is 26.2 Å². The number of ether oxygens (including phenoxy) is 1. The van der Waals surface area contributed by atoms with Crippen LogP contribution in [0.4, 0.5) is 0 Å². The van der Waals surface area contributed by atoms with Crippen LogP contribution in [0.3, 0.4) is 0 Å². The van der Waals surface area contributed by atoms with Gasteiger partial charge < -0.3 is 15.4 Å². The molecule has 0 spiro atoms. The summed E-state index contributed by atoms with van der Waals surface area (Å²) in [6, 6.07) is 5.64. The van der Waals surface area contributed by atoms with Crippen molar-refractivity contribution in [1.29, 1.82) is 0 Å². The molecule has 1 atom stereocenters. The molecule has 2 aliphatic rings. The number of aryl methyl sites for hydroxylation is 1. The Bertz CT molecular complexity index is 643. The SMILES string of the molecule is COc1ccc(CN2CCNC(=O)C2CC(=O)NCC2CC2)cc1C. The van der Waals surface area contributed by atoms with Crippen LogP contribution in [-0.4, -0.2) is 49.5 Å². The van der Waals surface area contributed by atoms with E-state index in [9.17, 15) is 9.59 Å². The summed E-state index contributed by atoms with van der Waals surface area (Å²) in [6.07, 6.45) is 2.62. The third-order valence-electron chi connectivity index (χ3n) is 4.95. The largest absolute Gasteiger partial charge is 0.496 e. The summed E-state index contributed by atoms with van der Waals surface area (Å²) in [4.78, 5) is 26.6. The molecule has 6 heteroatoms. The molecule has 1 aromatic carbocycles. The summed E-state index contributed by atoms with van der Waals surface area (Å²) in [5.74, 6) is 1.40. The lowest BCUT2D eigenvalue weighted by Gasteiger charge is -2.34. The van der Waals surface area contributed by atoms with Gasteiger partial charge in [-0.2, -0.15) is 0 Å². The number of hydrogen-bond donors (Lipinski definition) is 2. The lowest BCUT2D eigenvalue weighted by atomic mass is 10.1. The molecule has 136 valence electrons. The average Bonchev–Trinajstić information content (AvgIpc) is 3.41. The number of nitrogens with zero attached hydrogens (tertiary/aromatic N) is 1. The van der Waals surface area contributed by atoms with Crippen LogP contribution in [-0.2, 0) is 16.1 Å². The van der Waals surface area contributed by atoms with Gasteiger partial charge in [-0.25, -0.2) is 0 Å². The van der Waals surface area contributed by atoms with Gasteiger partial charge >= 0.3 is 0 Å². The van der Waals surface area contributed by atoms with Crippen LogP contribution in [0.1, 0.15) is 30.4 Å². The van der Waals surface area contributed by atoms with E-state index in [4.69, 9.17) is 4.74 Å². The zero-order valence-corrected chi connectivity index (χ0v) is 15.0. The molecular weight excluding hydrogens is 318 g/mol. The smallest absolute Gasteiger partial charge is 0.237 e. The molecule has 6 nitrogen and oxygen atoms in total. The molecule has 1 saturated carbocycles. The Labute approximate surface area is 148 Å². The first-order valence-electron chi connectivity index (χ1n) is 8.99. The van der Waals surface area contributed by atoms with Crippen molar-refractivity contribution < 1.29 is 14.3 Å². The van der Waals surface area contributed by atoms with E-state index in [-0.39, 0.29) is 18.2 Å². The van der Waals surface area contributed by atoms with E-state index in [1.165, 1.54) is 12.8 Å². The lowest BCUT2D eigenvalue weighted by molar-refractivity contribution is -0.134. The molecule has 1 aliphatic heterocycles. The summed E-state index contributed by atoms with van der Waals surface area (Å²) in [6.45, 7) is 4.77. The van der Waals surface area contributed by atoms with E-state index in [2.05, 4.69) is 21.6 Å². The van der Waals surface area contributed by atoms with Crippen molar-refractivity contribution in [2.45, 2.75) is 38.8 Å². The Morgan fingerprint density at radius 1 is 1.40 bits per heavy atom. The molecule has 1 aromatic rings. The lowest BCUT2D eigenvalue weighted by Crippen LogP contribution is -2.56. The first-order chi connectivity index (χ1) is 12.1. The van der Waals surface area contributed by atoms with E-state index in [0.717, 1.165) is 30.0 Å². The minimum Gasteiger partial charge on any atom is -0.496 e. The predicted molar refractivity (Wildman–Crippen MR) is 95.3 cm³/mol. The fraction of sp³-hybridized carbons (Fsp3) is 0.579. The Hall–Kier alpha value is -2.08. The first kappa shape index (κ1) is 17.7. The fourth-order valence-electron chi connectivity index (χ4n) is 3.27. The molecule has 0 radical (unpaired) electrons. The molecule has 25 heavy (non-hydrogen) atoms. The van der Waals surface area contributed by atoms with Gasteiger partial charge in [0.05, 0.1) is 19.6 Å². The van der Waals surface area contributed by atoms with Gasteiger partial charge in [-0.3, -0.25) is 14.5 Å². The van der Waals surface area contributed by atoms with E-state index >= 15 is 0 Å². The van der Waals surface area contributed by atoms with Crippen molar-refractivity contribution in [3.8, 4) is 5.75 Å². The Balaban J connectivity index is 1.63. The Morgan fingerprint density at radius 3 is 2.88 bits per heavy atom. The molecule has 1 saturated heterocycles. The van der Waals surface area contributed by atoms with Gasteiger partial charge in [-0.05, 0) is 42.9 Å². The van der Waals surface area contributed by atoms with Crippen LogP contribution in [0.2, 0.25) is 0 Å². The second-order valence-electron chi connectivity index (χ2n) is 7.03. The highest BCUT2D eigenvalue weighted by Gasteiger charge is 2.32. The number of methoxy groups -OCH3 is 1. The van der Waals surface area contributed by atoms with Gasteiger partial charge in [0.1, 0.15) is 5.75 Å². The minimum atomic E-state index is -0.407. The maximum absolute atomic E-state index is 12.3. The topological polar surface area (TPSA) is 70.7 Å². The monoisotopic (exact) mass is 345 g/mol. The number of carbonyl (C=O) groups is 2. The number of carbonyl (C=O) groups excluding carboxylic acids is 2. The highest BCUT2D eigenvalue weighted by atomic mass is 16.5. The standard InChI is InChI=1S/C19H27N3O3/c1-13-9-15(5-6-17(13)25-2)12-22-8-7-20-19(24)16(22)10-18(23)21-11-14-3-4-14/h5-6,9,14,16H,3-4,7-8,10-12H2,1-2H3,(H,20,24)(H,21,23). The fourth-order valence-corrected chi connectivity index (χ4v) is 3.27. The van der Waals surface area contributed by atoms with E-state index in [1.807, 2.05) is 19.1 Å². The quantitative estimate of drug-likeness (QED) is 0.780.